The summed E-state index contributed by atoms with van der Waals surface area (Å²) in [5, 5.41) is 4.32. The molecule has 1 nitrogen and oxygen atoms in total. The second-order valence-electron chi connectivity index (χ2n) is 4.70. The van der Waals surface area contributed by atoms with Crippen LogP contribution in [0.5, 0.6) is 0 Å². The van der Waals surface area contributed by atoms with E-state index in [1.54, 1.807) is 0 Å². The van der Waals surface area contributed by atoms with Crippen LogP contribution in [0, 0.1) is 0 Å². The summed E-state index contributed by atoms with van der Waals surface area (Å²) in [6.07, 6.45) is 2.36. The zero-order chi connectivity index (χ0) is 14.5. The van der Waals surface area contributed by atoms with Crippen molar-refractivity contribution in [3.05, 3.63) is 44.7 Å². The standard InChI is InChI=1S/C16H19BrClNS/c1-3-6-13(19-4-2)15-10-9-14(20-15)11-7-5-8-12(18)16(11)17/h5,7-10,13,19H,3-4,6H2,1-2H3. The van der Waals surface area contributed by atoms with Gasteiger partial charge in [0.05, 0.1) is 5.02 Å². The van der Waals surface area contributed by atoms with Crippen LogP contribution in [0.25, 0.3) is 10.4 Å². The first-order valence-electron chi connectivity index (χ1n) is 6.94. The van der Waals surface area contributed by atoms with Gasteiger partial charge in [-0.05, 0) is 47.1 Å². The summed E-state index contributed by atoms with van der Waals surface area (Å²) < 4.78 is 0.977. The first-order chi connectivity index (χ1) is 9.67. The largest absolute Gasteiger partial charge is 0.310 e. The van der Waals surface area contributed by atoms with E-state index in [4.69, 9.17) is 11.6 Å². The van der Waals surface area contributed by atoms with Crippen LogP contribution >= 0.6 is 38.9 Å². The molecule has 1 N–H and O–H groups in total. The first kappa shape index (κ1) is 16.0. The molecule has 108 valence electrons. The summed E-state index contributed by atoms with van der Waals surface area (Å²) in [6.45, 7) is 5.38. The van der Waals surface area contributed by atoms with Crippen LogP contribution in [0.3, 0.4) is 0 Å². The van der Waals surface area contributed by atoms with E-state index in [-0.39, 0.29) is 0 Å². The number of benzene rings is 1. The highest BCUT2D eigenvalue weighted by Gasteiger charge is 2.14. The fourth-order valence-electron chi connectivity index (χ4n) is 2.26. The smallest absolute Gasteiger partial charge is 0.0554 e. The van der Waals surface area contributed by atoms with Crippen LogP contribution in [0.4, 0.5) is 0 Å². The molecule has 2 aromatic rings. The van der Waals surface area contributed by atoms with E-state index in [9.17, 15) is 0 Å². The molecule has 0 saturated carbocycles. The molecule has 2 rings (SSSR count). The average molecular weight is 373 g/mol. The molecule has 1 heterocycles. The van der Waals surface area contributed by atoms with E-state index < -0.39 is 0 Å². The Balaban J connectivity index is 2.30. The van der Waals surface area contributed by atoms with E-state index in [0.717, 1.165) is 16.0 Å². The highest BCUT2D eigenvalue weighted by atomic mass is 79.9. The van der Waals surface area contributed by atoms with Gasteiger partial charge in [-0.3, -0.25) is 0 Å². The fraction of sp³-hybridized carbons (Fsp3) is 0.375. The van der Waals surface area contributed by atoms with E-state index in [2.05, 4.69) is 53.3 Å². The Bertz CT molecular complexity index is 561. The maximum absolute atomic E-state index is 6.18. The predicted octanol–water partition coefficient (Wildman–Crippen LogP) is 6.28. The number of rotatable bonds is 6. The Kier molecular flexibility index (Phi) is 6.09. The van der Waals surface area contributed by atoms with Gasteiger partial charge in [-0.1, -0.05) is 44.0 Å². The van der Waals surface area contributed by atoms with Crippen LogP contribution in [-0.2, 0) is 0 Å². The Morgan fingerprint density at radius 3 is 2.75 bits per heavy atom. The molecule has 0 aliphatic rings. The van der Waals surface area contributed by atoms with Gasteiger partial charge in [-0.2, -0.15) is 0 Å². The van der Waals surface area contributed by atoms with Crippen molar-refractivity contribution in [2.45, 2.75) is 32.7 Å². The lowest BCUT2D eigenvalue weighted by Gasteiger charge is -2.15. The molecule has 0 radical (unpaired) electrons. The Labute approximate surface area is 138 Å². The topological polar surface area (TPSA) is 12.0 Å². The van der Waals surface area contributed by atoms with Crippen LogP contribution in [0.1, 0.15) is 37.6 Å². The first-order valence-corrected chi connectivity index (χ1v) is 8.93. The van der Waals surface area contributed by atoms with Crippen LogP contribution in [0.2, 0.25) is 5.02 Å². The van der Waals surface area contributed by atoms with Crippen molar-refractivity contribution in [3.8, 4) is 10.4 Å². The van der Waals surface area contributed by atoms with Crippen molar-refractivity contribution in [3.63, 3.8) is 0 Å². The van der Waals surface area contributed by atoms with Crippen molar-refractivity contribution >= 4 is 38.9 Å². The molecule has 20 heavy (non-hydrogen) atoms. The minimum atomic E-state index is 0.460. The Hall–Kier alpha value is -0.350. The monoisotopic (exact) mass is 371 g/mol. The number of hydrogen-bond donors (Lipinski definition) is 1. The van der Waals surface area contributed by atoms with Gasteiger partial charge in [0.25, 0.3) is 0 Å². The third-order valence-corrected chi connectivity index (χ3v) is 5.84. The molecule has 0 bridgehead atoms. The summed E-state index contributed by atoms with van der Waals surface area (Å²) in [6, 6.07) is 10.9. The summed E-state index contributed by atoms with van der Waals surface area (Å²) >= 11 is 11.6. The van der Waals surface area contributed by atoms with Gasteiger partial charge in [0.15, 0.2) is 0 Å². The molecule has 0 saturated heterocycles. The SMILES string of the molecule is CCCC(NCC)c1ccc(-c2cccc(Cl)c2Br)s1. The van der Waals surface area contributed by atoms with Crippen molar-refractivity contribution in [2.75, 3.05) is 6.54 Å². The number of hydrogen-bond acceptors (Lipinski definition) is 2. The lowest BCUT2D eigenvalue weighted by Crippen LogP contribution is -2.19. The third kappa shape index (κ3) is 3.64. The molecule has 0 fully saturated rings. The lowest BCUT2D eigenvalue weighted by molar-refractivity contribution is 0.516. The summed E-state index contributed by atoms with van der Waals surface area (Å²) in [7, 11) is 0. The summed E-state index contributed by atoms with van der Waals surface area (Å²) in [4.78, 5) is 2.66. The number of nitrogens with one attached hydrogen (secondary N) is 1. The van der Waals surface area contributed by atoms with Crippen LogP contribution in [-0.4, -0.2) is 6.54 Å². The minimum absolute atomic E-state index is 0.460. The second-order valence-corrected chi connectivity index (χ2v) is 7.02. The molecule has 0 amide bonds. The molecule has 1 aromatic heterocycles. The van der Waals surface area contributed by atoms with E-state index in [1.807, 2.05) is 23.5 Å². The van der Waals surface area contributed by atoms with Gasteiger partial charge in [-0.25, -0.2) is 0 Å². The summed E-state index contributed by atoms with van der Waals surface area (Å²) in [5.74, 6) is 0. The zero-order valence-electron chi connectivity index (χ0n) is 11.7. The van der Waals surface area contributed by atoms with Crippen molar-refractivity contribution < 1.29 is 0 Å². The highest BCUT2D eigenvalue weighted by molar-refractivity contribution is 9.10. The van der Waals surface area contributed by atoms with Gasteiger partial charge >= 0.3 is 0 Å². The summed E-state index contributed by atoms with van der Waals surface area (Å²) in [5.41, 5.74) is 1.17. The zero-order valence-corrected chi connectivity index (χ0v) is 14.9. The third-order valence-electron chi connectivity index (χ3n) is 3.22. The molecular formula is C16H19BrClNS. The van der Waals surface area contributed by atoms with Gasteiger partial charge in [0.2, 0.25) is 0 Å². The lowest BCUT2D eigenvalue weighted by atomic mass is 10.1. The van der Waals surface area contributed by atoms with E-state index in [1.165, 1.54) is 28.2 Å². The highest BCUT2D eigenvalue weighted by Crippen LogP contribution is 2.39. The number of thiophene rings is 1. The minimum Gasteiger partial charge on any atom is -0.310 e. The molecule has 1 atom stereocenters. The van der Waals surface area contributed by atoms with Gasteiger partial charge < -0.3 is 5.32 Å². The Morgan fingerprint density at radius 1 is 1.25 bits per heavy atom. The molecule has 4 heteroatoms. The molecule has 1 unspecified atom stereocenters. The second kappa shape index (κ2) is 7.60. The quantitative estimate of drug-likeness (QED) is 0.629. The molecule has 0 spiro atoms. The van der Waals surface area contributed by atoms with Crippen LogP contribution < -0.4 is 5.32 Å². The molecule has 0 aliphatic heterocycles. The normalized spacial score (nSPS) is 12.6. The maximum Gasteiger partial charge on any atom is 0.0554 e. The van der Waals surface area contributed by atoms with Crippen molar-refractivity contribution in [1.29, 1.82) is 0 Å². The van der Waals surface area contributed by atoms with E-state index in [0.29, 0.717) is 6.04 Å². The van der Waals surface area contributed by atoms with Crippen molar-refractivity contribution in [1.82, 2.24) is 5.32 Å². The van der Waals surface area contributed by atoms with Gasteiger partial charge in [0, 0.05) is 25.8 Å². The predicted molar refractivity (Wildman–Crippen MR) is 93.8 cm³/mol. The van der Waals surface area contributed by atoms with Crippen LogP contribution in [0.15, 0.2) is 34.8 Å². The fourth-order valence-corrected chi connectivity index (χ4v) is 4.19. The maximum atomic E-state index is 6.18. The molecular weight excluding hydrogens is 354 g/mol. The average Bonchev–Trinajstić information content (AvgIpc) is 2.91. The van der Waals surface area contributed by atoms with Gasteiger partial charge in [-0.15, -0.1) is 11.3 Å². The number of halogens is 2. The van der Waals surface area contributed by atoms with Gasteiger partial charge in [0.1, 0.15) is 0 Å². The molecule has 0 aliphatic carbocycles. The Morgan fingerprint density at radius 2 is 2.05 bits per heavy atom. The van der Waals surface area contributed by atoms with E-state index >= 15 is 0 Å². The van der Waals surface area contributed by atoms with Crippen molar-refractivity contribution in [2.24, 2.45) is 0 Å². The molecule has 1 aromatic carbocycles.